The van der Waals surface area contributed by atoms with Gasteiger partial charge in [0.2, 0.25) is 5.91 Å². The zero-order valence-corrected chi connectivity index (χ0v) is 11.4. The Morgan fingerprint density at radius 2 is 1.84 bits per heavy atom. The molecule has 0 aliphatic heterocycles. The maximum absolute atomic E-state index is 11.7. The quantitative estimate of drug-likeness (QED) is 0.792. The van der Waals surface area contributed by atoms with Gasteiger partial charge in [0.15, 0.2) is 0 Å². The Bertz CT molecular complexity index is 417. The fourth-order valence-electron chi connectivity index (χ4n) is 1.76. The third-order valence-corrected chi connectivity index (χ3v) is 3.24. The molecule has 0 heterocycles. The molecular formula is C15H21NO3. The zero-order chi connectivity index (χ0) is 14.3. The van der Waals surface area contributed by atoms with Gasteiger partial charge in [-0.2, -0.15) is 0 Å². The van der Waals surface area contributed by atoms with Crippen LogP contribution in [0.1, 0.15) is 32.3 Å². The molecular weight excluding hydrogens is 242 g/mol. The second kappa shape index (κ2) is 7.56. The SMILES string of the molecule is CC(NC(=O)CCCc1ccccc1)C(C)C(=O)O. The van der Waals surface area contributed by atoms with Crippen molar-refractivity contribution in [1.29, 1.82) is 0 Å². The highest BCUT2D eigenvalue weighted by Crippen LogP contribution is 2.06. The molecule has 1 rings (SSSR count). The number of carbonyl (C=O) groups excluding carboxylic acids is 1. The van der Waals surface area contributed by atoms with Crippen molar-refractivity contribution in [3.63, 3.8) is 0 Å². The van der Waals surface area contributed by atoms with Gasteiger partial charge in [-0.1, -0.05) is 30.3 Å². The molecule has 2 N–H and O–H groups in total. The summed E-state index contributed by atoms with van der Waals surface area (Å²) >= 11 is 0. The summed E-state index contributed by atoms with van der Waals surface area (Å²) in [6.45, 7) is 3.31. The minimum Gasteiger partial charge on any atom is -0.481 e. The predicted octanol–water partition coefficient (Wildman–Crippen LogP) is 2.23. The molecule has 4 nitrogen and oxygen atoms in total. The van der Waals surface area contributed by atoms with E-state index in [0.29, 0.717) is 6.42 Å². The first-order valence-electron chi connectivity index (χ1n) is 6.57. The van der Waals surface area contributed by atoms with E-state index < -0.39 is 11.9 Å². The minimum absolute atomic E-state index is 0.0865. The summed E-state index contributed by atoms with van der Waals surface area (Å²) < 4.78 is 0. The van der Waals surface area contributed by atoms with Crippen LogP contribution in [0, 0.1) is 5.92 Å². The Morgan fingerprint density at radius 3 is 2.42 bits per heavy atom. The fraction of sp³-hybridized carbons (Fsp3) is 0.467. The van der Waals surface area contributed by atoms with Crippen LogP contribution in [-0.2, 0) is 16.0 Å². The van der Waals surface area contributed by atoms with Gasteiger partial charge in [0, 0.05) is 12.5 Å². The average molecular weight is 263 g/mol. The normalized spacial score (nSPS) is 13.6. The maximum atomic E-state index is 11.7. The lowest BCUT2D eigenvalue weighted by atomic mass is 10.0. The molecule has 0 aliphatic rings. The molecule has 0 bridgehead atoms. The summed E-state index contributed by atoms with van der Waals surface area (Å²) in [6.07, 6.45) is 2.05. The Morgan fingerprint density at radius 1 is 1.21 bits per heavy atom. The summed E-state index contributed by atoms with van der Waals surface area (Å²) in [5.41, 5.74) is 1.21. The van der Waals surface area contributed by atoms with Crippen molar-refractivity contribution in [3.8, 4) is 0 Å². The molecule has 0 radical (unpaired) electrons. The van der Waals surface area contributed by atoms with Crippen molar-refractivity contribution in [1.82, 2.24) is 5.32 Å². The molecule has 19 heavy (non-hydrogen) atoms. The molecule has 2 atom stereocenters. The second-order valence-corrected chi connectivity index (χ2v) is 4.82. The number of carboxylic acid groups (broad SMARTS) is 1. The van der Waals surface area contributed by atoms with Gasteiger partial charge < -0.3 is 10.4 Å². The third-order valence-electron chi connectivity index (χ3n) is 3.24. The molecule has 1 aromatic rings. The first-order chi connectivity index (χ1) is 9.00. The van der Waals surface area contributed by atoms with Gasteiger partial charge in [-0.05, 0) is 32.3 Å². The van der Waals surface area contributed by atoms with Gasteiger partial charge in [-0.15, -0.1) is 0 Å². The van der Waals surface area contributed by atoms with Crippen molar-refractivity contribution in [2.75, 3.05) is 0 Å². The van der Waals surface area contributed by atoms with Gasteiger partial charge in [0.05, 0.1) is 5.92 Å². The number of aliphatic carboxylic acids is 1. The Labute approximate surface area is 113 Å². The van der Waals surface area contributed by atoms with Crippen molar-refractivity contribution >= 4 is 11.9 Å². The van der Waals surface area contributed by atoms with E-state index in [1.807, 2.05) is 30.3 Å². The molecule has 1 aromatic carbocycles. The molecule has 0 saturated heterocycles. The molecule has 0 spiro atoms. The van der Waals surface area contributed by atoms with E-state index in [9.17, 15) is 9.59 Å². The molecule has 2 unspecified atom stereocenters. The third kappa shape index (κ3) is 5.55. The first kappa shape index (κ1) is 15.2. The molecule has 0 aromatic heterocycles. The molecule has 0 fully saturated rings. The molecule has 4 heteroatoms. The van der Waals surface area contributed by atoms with Gasteiger partial charge in [-0.3, -0.25) is 9.59 Å². The van der Waals surface area contributed by atoms with E-state index in [2.05, 4.69) is 5.32 Å². The van der Waals surface area contributed by atoms with E-state index in [4.69, 9.17) is 5.11 Å². The summed E-state index contributed by atoms with van der Waals surface area (Å²) in [5, 5.41) is 11.6. The van der Waals surface area contributed by atoms with Crippen LogP contribution < -0.4 is 5.32 Å². The van der Waals surface area contributed by atoms with E-state index in [-0.39, 0.29) is 11.9 Å². The standard InChI is InChI=1S/C15H21NO3/c1-11(15(18)19)12(2)16-14(17)10-6-9-13-7-4-3-5-8-13/h3-5,7-8,11-12H,6,9-10H2,1-2H3,(H,16,17)(H,18,19). The molecule has 104 valence electrons. The second-order valence-electron chi connectivity index (χ2n) is 4.82. The lowest BCUT2D eigenvalue weighted by molar-refractivity contribution is -0.142. The highest BCUT2D eigenvalue weighted by molar-refractivity contribution is 5.77. The lowest BCUT2D eigenvalue weighted by Crippen LogP contribution is -2.39. The Kier molecular flexibility index (Phi) is 6.06. The van der Waals surface area contributed by atoms with Crippen molar-refractivity contribution in [2.24, 2.45) is 5.92 Å². The average Bonchev–Trinajstić information content (AvgIpc) is 2.38. The summed E-state index contributed by atoms with van der Waals surface area (Å²) in [5.74, 6) is -1.55. The predicted molar refractivity (Wildman–Crippen MR) is 73.8 cm³/mol. The Balaban J connectivity index is 2.26. The van der Waals surface area contributed by atoms with Crippen LogP contribution in [0.3, 0.4) is 0 Å². The van der Waals surface area contributed by atoms with Gasteiger partial charge in [0.1, 0.15) is 0 Å². The van der Waals surface area contributed by atoms with Gasteiger partial charge in [-0.25, -0.2) is 0 Å². The number of rotatable bonds is 7. The maximum Gasteiger partial charge on any atom is 0.308 e. The lowest BCUT2D eigenvalue weighted by Gasteiger charge is -2.17. The summed E-state index contributed by atoms with van der Waals surface area (Å²) in [7, 11) is 0. The number of amides is 1. The van der Waals surface area contributed by atoms with Crippen LogP contribution >= 0.6 is 0 Å². The number of nitrogens with one attached hydrogen (secondary N) is 1. The monoisotopic (exact) mass is 263 g/mol. The first-order valence-corrected chi connectivity index (χ1v) is 6.57. The van der Waals surface area contributed by atoms with Gasteiger partial charge >= 0.3 is 5.97 Å². The van der Waals surface area contributed by atoms with Crippen molar-refractivity contribution < 1.29 is 14.7 Å². The highest BCUT2D eigenvalue weighted by atomic mass is 16.4. The van der Waals surface area contributed by atoms with Crippen LogP contribution in [0.2, 0.25) is 0 Å². The number of aryl methyl sites for hydroxylation is 1. The smallest absolute Gasteiger partial charge is 0.308 e. The van der Waals surface area contributed by atoms with Crippen LogP contribution in [0.25, 0.3) is 0 Å². The van der Waals surface area contributed by atoms with Crippen molar-refractivity contribution in [3.05, 3.63) is 35.9 Å². The Hall–Kier alpha value is -1.84. The number of hydrogen-bond donors (Lipinski definition) is 2. The molecule has 0 saturated carbocycles. The van der Waals surface area contributed by atoms with Gasteiger partial charge in [0.25, 0.3) is 0 Å². The number of carbonyl (C=O) groups is 2. The topological polar surface area (TPSA) is 66.4 Å². The van der Waals surface area contributed by atoms with Crippen molar-refractivity contribution in [2.45, 2.75) is 39.2 Å². The van der Waals surface area contributed by atoms with Crippen LogP contribution in [0.5, 0.6) is 0 Å². The van der Waals surface area contributed by atoms with E-state index in [0.717, 1.165) is 12.8 Å². The highest BCUT2D eigenvalue weighted by Gasteiger charge is 2.20. The zero-order valence-electron chi connectivity index (χ0n) is 11.4. The summed E-state index contributed by atoms with van der Waals surface area (Å²) in [4.78, 5) is 22.4. The largest absolute Gasteiger partial charge is 0.481 e. The minimum atomic E-state index is -0.892. The van der Waals surface area contributed by atoms with E-state index >= 15 is 0 Å². The van der Waals surface area contributed by atoms with Crippen LogP contribution in [0.15, 0.2) is 30.3 Å². The van der Waals surface area contributed by atoms with Crippen LogP contribution in [-0.4, -0.2) is 23.0 Å². The molecule has 1 amide bonds. The molecule has 0 aliphatic carbocycles. The number of hydrogen-bond acceptors (Lipinski definition) is 2. The van der Waals surface area contributed by atoms with E-state index in [1.54, 1.807) is 13.8 Å². The van der Waals surface area contributed by atoms with E-state index in [1.165, 1.54) is 5.56 Å². The fourth-order valence-corrected chi connectivity index (χ4v) is 1.76. The number of carboxylic acids is 1. The number of benzene rings is 1. The summed E-state index contributed by atoms with van der Waals surface area (Å²) in [6, 6.07) is 9.64. The van der Waals surface area contributed by atoms with Crippen LogP contribution in [0.4, 0.5) is 0 Å².